The summed E-state index contributed by atoms with van der Waals surface area (Å²) >= 11 is 0. The van der Waals surface area contributed by atoms with Crippen LogP contribution in [-0.4, -0.2) is 36.4 Å². The summed E-state index contributed by atoms with van der Waals surface area (Å²) in [6.07, 6.45) is 0.130. The molecule has 0 saturated heterocycles. The number of aromatic nitrogens is 1. The number of rotatable bonds is 7. The van der Waals surface area contributed by atoms with E-state index in [1.165, 1.54) is 17.7 Å². The van der Waals surface area contributed by atoms with Gasteiger partial charge in [-0.15, -0.1) is 0 Å². The topological polar surface area (TPSA) is 58.4 Å². The van der Waals surface area contributed by atoms with Crippen LogP contribution in [0.1, 0.15) is 28.6 Å². The average Bonchev–Trinajstić information content (AvgIpc) is 3.04. The number of carbonyl (C=O) groups excluding carboxylic acids is 1. The second-order valence-electron chi connectivity index (χ2n) is 7.40. The minimum Gasteiger partial charge on any atom is -0.441 e. The third kappa shape index (κ3) is 5.29. The zero-order valence-corrected chi connectivity index (χ0v) is 17.2. The number of nitrogens with one attached hydrogen (secondary N) is 1. The van der Waals surface area contributed by atoms with Crippen molar-refractivity contribution < 1.29 is 13.6 Å². The first-order valence-corrected chi connectivity index (χ1v) is 9.55. The molecule has 1 atom stereocenters. The molecule has 0 radical (unpaired) electrons. The van der Waals surface area contributed by atoms with Crippen molar-refractivity contribution in [3.05, 3.63) is 76.9 Å². The number of nitrogens with zero attached hydrogens (tertiary/aromatic N) is 2. The first-order chi connectivity index (χ1) is 13.8. The monoisotopic (exact) mass is 395 g/mol. The molecule has 0 spiro atoms. The maximum Gasteiger partial charge on any atom is 0.226 e. The van der Waals surface area contributed by atoms with Crippen LogP contribution < -0.4 is 5.32 Å². The fourth-order valence-electron chi connectivity index (χ4n) is 3.12. The van der Waals surface area contributed by atoms with E-state index in [1.807, 2.05) is 14.1 Å². The van der Waals surface area contributed by atoms with Gasteiger partial charge in [-0.1, -0.05) is 29.8 Å². The molecule has 0 saturated carbocycles. The summed E-state index contributed by atoms with van der Waals surface area (Å²) in [5.41, 5.74) is 3.61. The lowest BCUT2D eigenvalue weighted by Crippen LogP contribution is -2.35. The average molecular weight is 395 g/mol. The van der Waals surface area contributed by atoms with Gasteiger partial charge < -0.3 is 14.6 Å². The summed E-state index contributed by atoms with van der Waals surface area (Å²) in [5, 5.41) is 3.00. The summed E-state index contributed by atoms with van der Waals surface area (Å²) in [6, 6.07) is 14.3. The van der Waals surface area contributed by atoms with Gasteiger partial charge in [0, 0.05) is 12.1 Å². The van der Waals surface area contributed by atoms with Crippen LogP contribution in [0.2, 0.25) is 0 Å². The largest absolute Gasteiger partial charge is 0.441 e. The Balaban J connectivity index is 1.64. The molecule has 5 nitrogen and oxygen atoms in total. The highest BCUT2D eigenvalue weighted by Gasteiger charge is 2.18. The molecule has 0 aliphatic heterocycles. The number of amides is 1. The smallest absolute Gasteiger partial charge is 0.226 e. The molecule has 0 bridgehead atoms. The number of aryl methyl sites for hydroxylation is 2. The fourth-order valence-corrected chi connectivity index (χ4v) is 3.12. The highest BCUT2D eigenvalue weighted by Crippen LogP contribution is 2.22. The van der Waals surface area contributed by atoms with Crippen LogP contribution in [0.3, 0.4) is 0 Å². The van der Waals surface area contributed by atoms with Crippen LogP contribution in [0.25, 0.3) is 11.5 Å². The van der Waals surface area contributed by atoms with Gasteiger partial charge in [0.1, 0.15) is 11.6 Å². The second kappa shape index (κ2) is 9.01. The maximum atomic E-state index is 13.1. The molecule has 0 aliphatic carbocycles. The number of hydrogen-bond acceptors (Lipinski definition) is 4. The molecule has 1 heterocycles. The van der Waals surface area contributed by atoms with Crippen molar-refractivity contribution >= 4 is 5.91 Å². The predicted octanol–water partition coefficient (Wildman–Crippen LogP) is 4.06. The van der Waals surface area contributed by atoms with E-state index < -0.39 is 0 Å². The molecule has 1 unspecified atom stereocenters. The van der Waals surface area contributed by atoms with Crippen molar-refractivity contribution in [2.45, 2.75) is 26.3 Å². The van der Waals surface area contributed by atoms with Crippen molar-refractivity contribution in [2.75, 3.05) is 20.6 Å². The Morgan fingerprint density at radius 3 is 2.38 bits per heavy atom. The van der Waals surface area contributed by atoms with E-state index in [2.05, 4.69) is 46.4 Å². The Hall–Kier alpha value is -2.99. The van der Waals surface area contributed by atoms with Crippen molar-refractivity contribution in [2.24, 2.45) is 0 Å². The molecule has 3 aromatic rings. The zero-order chi connectivity index (χ0) is 21.0. The van der Waals surface area contributed by atoms with E-state index in [9.17, 15) is 9.18 Å². The van der Waals surface area contributed by atoms with Crippen LogP contribution in [0.5, 0.6) is 0 Å². The Labute approximate surface area is 170 Å². The van der Waals surface area contributed by atoms with Gasteiger partial charge in [0.2, 0.25) is 11.8 Å². The van der Waals surface area contributed by atoms with Gasteiger partial charge in [-0.3, -0.25) is 4.79 Å². The van der Waals surface area contributed by atoms with Gasteiger partial charge in [-0.2, -0.15) is 0 Å². The summed E-state index contributed by atoms with van der Waals surface area (Å²) in [5.74, 6) is 0.532. The number of benzene rings is 2. The molecule has 1 amide bonds. The van der Waals surface area contributed by atoms with Gasteiger partial charge in [0.05, 0.1) is 18.2 Å². The number of halogens is 1. The van der Waals surface area contributed by atoms with Crippen molar-refractivity contribution in [1.29, 1.82) is 0 Å². The normalized spacial score (nSPS) is 12.2. The predicted molar refractivity (Wildman–Crippen MR) is 111 cm³/mol. The third-order valence-corrected chi connectivity index (χ3v) is 4.89. The quantitative estimate of drug-likeness (QED) is 0.655. The summed E-state index contributed by atoms with van der Waals surface area (Å²) in [4.78, 5) is 19.0. The molecule has 1 N–H and O–H groups in total. The Bertz CT molecular complexity index is 963. The van der Waals surface area contributed by atoms with E-state index in [0.29, 0.717) is 29.5 Å². The molecule has 1 aromatic heterocycles. The van der Waals surface area contributed by atoms with E-state index in [1.54, 1.807) is 19.1 Å². The summed E-state index contributed by atoms with van der Waals surface area (Å²) < 4.78 is 18.8. The van der Waals surface area contributed by atoms with Crippen LogP contribution in [-0.2, 0) is 11.2 Å². The van der Waals surface area contributed by atoms with Crippen LogP contribution in [0.4, 0.5) is 4.39 Å². The van der Waals surface area contributed by atoms with E-state index in [0.717, 1.165) is 5.56 Å². The van der Waals surface area contributed by atoms with Crippen LogP contribution in [0, 0.1) is 19.7 Å². The SMILES string of the molecule is Cc1ccc(C(CNC(=O)Cc2nc(-c3ccc(F)cc3)oc2C)N(C)C)cc1. The first kappa shape index (κ1) is 20.7. The number of oxazole rings is 1. The Morgan fingerprint density at radius 2 is 1.76 bits per heavy atom. The van der Waals surface area contributed by atoms with Gasteiger partial charge in [0.25, 0.3) is 0 Å². The number of carbonyl (C=O) groups is 1. The molecular weight excluding hydrogens is 369 g/mol. The molecule has 0 aliphatic rings. The lowest BCUT2D eigenvalue weighted by atomic mass is 10.0. The van der Waals surface area contributed by atoms with E-state index in [4.69, 9.17) is 4.42 Å². The first-order valence-electron chi connectivity index (χ1n) is 9.55. The molecule has 2 aromatic carbocycles. The van der Waals surface area contributed by atoms with E-state index >= 15 is 0 Å². The van der Waals surface area contributed by atoms with Gasteiger partial charge >= 0.3 is 0 Å². The molecule has 29 heavy (non-hydrogen) atoms. The standard InChI is InChI=1S/C23H26FN3O2/c1-15-5-7-17(8-6-15)21(27(3)4)14-25-22(28)13-20-16(2)29-23(26-20)18-9-11-19(24)12-10-18/h5-12,21H,13-14H2,1-4H3,(H,25,28). The van der Waals surface area contributed by atoms with Crippen molar-refractivity contribution in [1.82, 2.24) is 15.2 Å². The highest BCUT2D eigenvalue weighted by atomic mass is 19.1. The molecule has 3 rings (SSSR count). The molecule has 152 valence electrons. The zero-order valence-electron chi connectivity index (χ0n) is 17.2. The lowest BCUT2D eigenvalue weighted by molar-refractivity contribution is -0.120. The third-order valence-electron chi connectivity index (χ3n) is 4.89. The number of likely N-dealkylation sites (N-methyl/N-ethyl adjacent to an activating group) is 1. The van der Waals surface area contributed by atoms with E-state index in [-0.39, 0.29) is 24.2 Å². The van der Waals surface area contributed by atoms with Crippen molar-refractivity contribution in [3.63, 3.8) is 0 Å². The minimum absolute atomic E-state index is 0.0766. The molecule has 6 heteroatoms. The van der Waals surface area contributed by atoms with Gasteiger partial charge in [0.15, 0.2) is 0 Å². The molecular formula is C23H26FN3O2. The maximum absolute atomic E-state index is 13.1. The Morgan fingerprint density at radius 1 is 1.10 bits per heavy atom. The highest BCUT2D eigenvalue weighted by molar-refractivity contribution is 5.78. The van der Waals surface area contributed by atoms with Crippen LogP contribution >= 0.6 is 0 Å². The summed E-state index contributed by atoms with van der Waals surface area (Å²) in [7, 11) is 3.99. The second-order valence-corrected chi connectivity index (χ2v) is 7.40. The lowest BCUT2D eigenvalue weighted by Gasteiger charge is -2.25. The summed E-state index contributed by atoms with van der Waals surface area (Å²) in [6.45, 7) is 4.32. The number of hydrogen-bond donors (Lipinski definition) is 1. The van der Waals surface area contributed by atoms with Crippen LogP contribution in [0.15, 0.2) is 52.9 Å². The van der Waals surface area contributed by atoms with Gasteiger partial charge in [-0.05, 0) is 57.8 Å². The molecule has 0 fully saturated rings. The minimum atomic E-state index is -0.319. The Kier molecular flexibility index (Phi) is 6.44. The van der Waals surface area contributed by atoms with Crippen molar-refractivity contribution in [3.8, 4) is 11.5 Å². The van der Waals surface area contributed by atoms with Gasteiger partial charge in [-0.25, -0.2) is 9.37 Å². The fraction of sp³-hybridized carbons (Fsp3) is 0.304.